The van der Waals surface area contributed by atoms with Gasteiger partial charge >= 0.3 is 0 Å². The van der Waals surface area contributed by atoms with E-state index in [1.165, 1.54) is 3.57 Å². The van der Waals surface area contributed by atoms with E-state index in [0.717, 1.165) is 23.2 Å². The number of nitrogens with one attached hydrogen (secondary N) is 1. The van der Waals surface area contributed by atoms with Crippen LogP contribution in [0.15, 0.2) is 22.7 Å². The van der Waals surface area contributed by atoms with Crippen LogP contribution in [0.4, 0.5) is 5.69 Å². The molecule has 1 rings (SSSR count). The number of hydrogen-bond donors (Lipinski definition) is 2. The molecule has 0 saturated carbocycles. The van der Waals surface area contributed by atoms with Gasteiger partial charge in [-0.05, 0) is 69.8 Å². The molecule has 0 amide bonds. The van der Waals surface area contributed by atoms with Crippen molar-refractivity contribution in [1.29, 1.82) is 0 Å². The molecular weight excluding hydrogens is 407 g/mol. The minimum Gasteiger partial charge on any atom is -0.390 e. The van der Waals surface area contributed by atoms with E-state index in [1.54, 1.807) is 0 Å². The summed E-state index contributed by atoms with van der Waals surface area (Å²) in [6.07, 6.45) is -0.344. The van der Waals surface area contributed by atoms with Crippen LogP contribution in [0.25, 0.3) is 0 Å². The smallest absolute Gasteiger partial charge is 0.0839 e. The van der Waals surface area contributed by atoms with E-state index in [2.05, 4.69) is 62.6 Å². The summed E-state index contributed by atoms with van der Waals surface area (Å²) in [4.78, 5) is 2.22. The average molecular weight is 427 g/mol. The van der Waals surface area contributed by atoms with Crippen molar-refractivity contribution < 1.29 is 5.11 Å². The van der Waals surface area contributed by atoms with Crippen LogP contribution in [0.5, 0.6) is 0 Å². The second-order valence-corrected chi connectivity index (χ2v) is 6.17. The molecule has 0 aromatic heterocycles. The van der Waals surface area contributed by atoms with E-state index < -0.39 is 0 Å². The van der Waals surface area contributed by atoms with Gasteiger partial charge in [0.15, 0.2) is 0 Å². The normalized spacial score (nSPS) is 12.8. The molecule has 0 saturated heterocycles. The zero-order valence-electron chi connectivity index (χ0n) is 10.8. The van der Waals surface area contributed by atoms with Gasteiger partial charge in [0, 0.05) is 26.8 Å². The lowest BCUT2D eigenvalue weighted by molar-refractivity contribution is 0.128. The minimum absolute atomic E-state index is 0.344. The summed E-state index contributed by atoms with van der Waals surface area (Å²) in [5.74, 6) is 0. The third-order valence-electron chi connectivity index (χ3n) is 2.82. The fraction of sp³-hybridized carbons (Fsp3) is 0.538. The Morgan fingerprint density at radius 1 is 1.39 bits per heavy atom. The summed E-state index contributed by atoms with van der Waals surface area (Å²) >= 11 is 5.78. The van der Waals surface area contributed by atoms with E-state index in [1.807, 2.05) is 18.2 Å². The van der Waals surface area contributed by atoms with E-state index in [0.29, 0.717) is 13.1 Å². The Morgan fingerprint density at radius 2 is 2.06 bits per heavy atom. The molecule has 0 spiro atoms. The molecule has 5 heteroatoms. The van der Waals surface area contributed by atoms with Crippen molar-refractivity contribution in [3.63, 3.8) is 0 Å². The van der Waals surface area contributed by atoms with Gasteiger partial charge in [0.1, 0.15) is 0 Å². The van der Waals surface area contributed by atoms with Crippen LogP contribution >= 0.6 is 38.5 Å². The zero-order valence-corrected chi connectivity index (χ0v) is 14.5. The summed E-state index contributed by atoms with van der Waals surface area (Å²) in [5.41, 5.74) is 1.03. The van der Waals surface area contributed by atoms with Crippen molar-refractivity contribution in [1.82, 2.24) is 4.90 Å². The van der Waals surface area contributed by atoms with E-state index in [9.17, 15) is 5.11 Å². The van der Waals surface area contributed by atoms with Crippen molar-refractivity contribution in [2.75, 3.05) is 31.5 Å². The molecule has 0 fully saturated rings. The van der Waals surface area contributed by atoms with E-state index in [4.69, 9.17) is 0 Å². The molecule has 1 unspecified atom stereocenters. The molecule has 0 bridgehead atoms. The maximum absolute atomic E-state index is 9.95. The second-order valence-electron chi connectivity index (χ2n) is 4.15. The van der Waals surface area contributed by atoms with Crippen molar-refractivity contribution in [3.05, 3.63) is 26.2 Å². The molecule has 2 N–H and O–H groups in total. The first-order valence-electron chi connectivity index (χ1n) is 6.16. The molecule has 1 aromatic carbocycles. The quantitative estimate of drug-likeness (QED) is 0.657. The molecule has 3 nitrogen and oxygen atoms in total. The SMILES string of the molecule is CCN(CC)CC(O)CNc1ccc(I)c(Br)c1. The van der Waals surface area contributed by atoms with Gasteiger partial charge in [0.05, 0.1) is 6.10 Å². The molecule has 0 aliphatic carbocycles. The largest absolute Gasteiger partial charge is 0.390 e. The molecular formula is C13H20BrIN2O. The first-order chi connectivity index (χ1) is 8.56. The molecule has 0 radical (unpaired) electrons. The Bertz CT molecular complexity index is 372. The van der Waals surface area contributed by atoms with E-state index >= 15 is 0 Å². The highest BCUT2D eigenvalue weighted by Crippen LogP contribution is 2.22. The van der Waals surface area contributed by atoms with Crippen molar-refractivity contribution in [2.24, 2.45) is 0 Å². The lowest BCUT2D eigenvalue weighted by atomic mass is 10.3. The van der Waals surface area contributed by atoms with Crippen LogP contribution in [-0.4, -0.2) is 42.3 Å². The Labute approximate surface area is 131 Å². The standard InChI is InChI=1S/C13H20BrIN2O/c1-3-17(4-2)9-11(18)8-16-10-5-6-13(15)12(14)7-10/h5-7,11,16,18H,3-4,8-9H2,1-2H3. The molecule has 102 valence electrons. The van der Waals surface area contributed by atoms with Crippen molar-refractivity contribution in [2.45, 2.75) is 20.0 Å². The van der Waals surface area contributed by atoms with Gasteiger partial charge in [-0.2, -0.15) is 0 Å². The van der Waals surface area contributed by atoms with Gasteiger partial charge in [-0.25, -0.2) is 0 Å². The van der Waals surface area contributed by atoms with Crippen molar-refractivity contribution in [3.8, 4) is 0 Å². The fourth-order valence-corrected chi connectivity index (χ4v) is 2.40. The van der Waals surface area contributed by atoms with Gasteiger partial charge in [-0.1, -0.05) is 13.8 Å². The zero-order chi connectivity index (χ0) is 13.5. The van der Waals surface area contributed by atoms with Gasteiger partial charge in [-0.3, -0.25) is 0 Å². The van der Waals surface area contributed by atoms with Crippen molar-refractivity contribution >= 4 is 44.2 Å². The summed E-state index contributed by atoms with van der Waals surface area (Å²) in [7, 11) is 0. The fourth-order valence-electron chi connectivity index (χ4n) is 1.69. The molecule has 0 aliphatic heterocycles. The highest BCUT2D eigenvalue weighted by molar-refractivity contribution is 14.1. The Balaban J connectivity index is 2.42. The first-order valence-corrected chi connectivity index (χ1v) is 8.03. The number of benzene rings is 1. The lowest BCUT2D eigenvalue weighted by Gasteiger charge is -2.22. The van der Waals surface area contributed by atoms with Gasteiger partial charge in [-0.15, -0.1) is 0 Å². The number of aliphatic hydroxyl groups excluding tert-OH is 1. The summed E-state index contributed by atoms with van der Waals surface area (Å²) in [6.45, 7) is 7.46. The summed E-state index contributed by atoms with van der Waals surface area (Å²) in [5, 5.41) is 13.2. The Morgan fingerprint density at radius 3 is 2.61 bits per heavy atom. The van der Waals surface area contributed by atoms with Gasteiger partial charge in [0.25, 0.3) is 0 Å². The Hall–Kier alpha value is 0.150. The lowest BCUT2D eigenvalue weighted by Crippen LogP contribution is -2.35. The highest BCUT2D eigenvalue weighted by atomic mass is 127. The third-order valence-corrected chi connectivity index (χ3v) is 5.16. The molecule has 0 aliphatic rings. The average Bonchev–Trinajstić information content (AvgIpc) is 2.37. The second kappa shape index (κ2) is 8.35. The number of nitrogens with zero attached hydrogens (tertiary/aromatic N) is 1. The summed E-state index contributed by atoms with van der Waals surface area (Å²) < 4.78 is 2.26. The predicted molar refractivity (Wildman–Crippen MR) is 89.1 cm³/mol. The molecule has 1 atom stereocenters. The van der Waals surface area contributed by atoms with Crippen LogP contribution in [-0.2, 0) is 0 Å². The third kappa shape index (κ3) is 5.42. The maximum Gasteiger partial charge on any atom is 0.0839 e. The Kier molecular flexibility index (Phi) is 7.51. The number of likely N-dealkylation sites (N-methyl/N-ethyl adjacent to an activating group) is 1. The number of rotatable bonds is 7. The molecule has 0 heterocycles. The number of halogens is 2. The topological polar surface area (TPSA) is 35.5 Å². The van der Waals surface area contributed by atoms with Crippen LogP contribution in [0.2, 0.25) is 0 Å². The summed E-state index contributed by atoms with van der Waals surface area (Å²) in [6, 6.07) is 6.10. The van der Waals surface area contributed by atoms with Crippen LogP contribution in [0.1, 0.15) is 13.8 Å². The highest BCUT2D eigenvalue weighted by Gasteiger charge is 2.08. The van der Waals surface area contributed by atoms with Gasteiger partial charge in [0.2, 0.25) is 0 Å². The number of aliphatic hydroxyl groups is 1. The first kappa shape index (κ1) is 16.2. The maximum atomic E-state index is 9.95. The molecule has 18 heavy (non-hydrogen) atoms. The van der Waals surface area contributed by atoms with Crippen LogP contribution in [0, 0.1) is 3.57 Å². The molecule has 1 aromatic rings. The monoisotopic (exact) mass is 426 g/mol. The van der Waals surface area contributed by atoms with Crippen LogP contribution in [0.3, 0.4) is 0 Å². The van der Waals surface area contributed by atoms with Gasteiger partial charge < -0.3 is 15.3 Å². The number of anilines is 1. The predicted octanol–water partition coefficient (Wildman–Crippen LogP) is 3.17. The number of hydrogen-bond acceptors (Lipinski definition) is 3. The minimum atomic E-state index is -0.344. The van der Waals surface area contributed by atoms with E-state index in [-0.39, 0.29) is 6.10 Å². The van der Waals surface area contributed by atoms with Crippen LogP contribution < -0.4 is 5.32 Å².